The lowest BCUT2D eigenvalue weighted by molar-refractivity contribution is -0.143. The van der Waals surface area contributed by atoms with Gasteiger partial charge in [0, 0.05) is 6.42 Å². The van der Waals surface area contributed by atoms with Gasteiger partial charge in [0.15, 0.2) is 35.4 Å². The first-order valence-corrected chi connectivity index (χ1v) is 18.5. The van der Waals surface area contributed by atoms with E-state index in [0.717, 1.165) is 33.1 Å². The Labute approximate surface area is 257 Å². The van der Waals surface area contributed by atoms with E-state index in [2.05, 4.69) is 49.4 Å². The van der Waals surface area contributed by atoms with Crippen molar-refractivity contribution in [3.05, 3.63) is 32.7 Å². The normalized spacial score (nSPS) is 34.6. The third-order valence-corrected chi connectivity index (χ3v) is 10.9. The number of nitrogens with zero attached hydrogens (tertiary/aromatic N) is 6. The largest absolute Gasteiger partial charge is 0.389 e. The maximum atomic E-state index is 13.6. The van der Waals surface area contributed by atoms with Gasteiger partial charge >= 0.3 is 18.5 Å². The molecule has 5 N–H and O–H groups in total. The third-order valence-electron chi connectivity index (χ3n) is 6.75. The molecule has 234 valence electrons. The van der Waals surface area contributed by atoms with Crippen LogP contribution >= 0.6 is 49.4 Å². The van der Waals surface area contributed by atoms with Gasteiger partial charge in [0.05, 0.1) is 19.0 Å². The van der Waals surface area contributed by atoms with Crippen molar-refractivity contribution in [1.82, 2.24) is 34.1 Å². The molecule has 4 aromatic heterocycles. The van der Waals surface area contributed by atoms with Crippen molar-refractivity contribution in [2.45, 2.75) is 43.5 Å². The Bertz CT molecular complexity index is 2050. The van der Waals surface area contributed by atoms with Gasteiger partial charge in [-0.2, -0.15) is 4.98 Å². The van der Waals surface area contributed by atoms with Crippen LogP contribution in [0.15, 0.2) is 22.2 Å². The number of hydrogen-bond acceptors (Lipinski definition) is 18. The summed E-state index contributed by atoms with van der Waals surface area (Å²) in [5.74, 6) is -1.22. The molecule has 20 nitrogen and oxygen atoms in total. The van der Waals surface area contributed by atoms with Crippen molar-refractivity contribution < 1.29 is 41.5 Å². The lowest BCUT2D eigenvalue weighted by Crippen LogP contribution is -2.31. The first kappa shape index (κ1) is 30.0. The molecule has 3 fully saturated rings. The highest BCUT2D eigenvalue weighted by atomic mass is 32.7. The minimum atomic E-state index is -4.51. The number of nitrogens with one attached hydrogen (secondary N) is 1. The molecule has 7 heterocycles. The highest BCUT2D eigenvalue weighted by molar-refractivity contribution is 8.44. The molecule has 0 saturated carbocycles. The Hall–Kier alpha value is -2.69. The van der Waals surface area contributed by atoms with Gasteiger partial charge in [-0.1, -0.05) is 35.8 Å². The van der Waals surface area contributed by atoms with Crippen LogP contribution in [0.25, 0.3) is 21.5 Å². The highest BCUT2D eigenvalue weighted by Crippen LogP contribution is 2.61. The number of carbonyl (C=O) groups is 1. The number of aromatic nitrogens is 7. The summed E-state index contributed by atoms with van der Waals surface area (Å²) in [5, 5.41) is 0. The smallest absolute Gasteiger partial charge is 0.382 e. The average Bonchev–Trinajstić information content (AvgIpc) is 3.68. The van der Waals surface area contributed by atoms with Crippen molar-refractivity contribution in [1.29, 1.82) is 0 Å². The number of nitrogens with two attached hydrogens (primary N) is 2. The third kappa shape index (κ3) is 5.20. The van der Waals surface area contributed by atoms with Crippen LogP contribution in [0, 0.1) is 0 Å². The van der Waals surface area contributed by atoms with Gasteiger partial charge in [-0.3, -0.25) is 46.6 Å². The zero-order valence-electron chi connectivity index (χ0n) is 21.6. The van der Waals surface area contributed by atoms with Gasteiger partial charge in [0.1, 0.15) is 22.9 Å². The van der Waals surface area contributed by atoms with E-state index in [9.17, 15) is 23.5 Å². The molecule has 7 rings (SSSR count). The summed E-state index contributed by atoms with van der Waals surface area (Å²) in [5.41, 5.74) is 10.7. The fraction of sp³-hybridized carbons (Fsp3) is 0.421. The summed E-state index contributed by atoms with van der Waals surface area (Å²) in [6.07, 6.45) is -6.45. The zero-order valence-corrected chi connectivity index (χ0v) is 26.0. The van der Waals surface area contributed by atoms with Crippen LogP contribution in [-0.2, 0) is 41.5 Å². The van der Waals surface area contributed by atoms with Gasteiger partial charge in [-0.25, -0.2) is 24.1 Å². The molecule has 25 heteroatoms. The van der Waals surface area contributed by atoms with Crippen molar-refractivity contribution >= 4 is 88.5 Å². The number of H-pyrrole nitrogens is 1. The number of thiazole rings is 1. The van der Waals surface area contributed by atoms with Gasteiger partial charge in [0.25, 0.3) is 5.56 Å². The lowest BCUT2D eigenvalue weighted by Gasteiger charge is -2.24. The molecule has 0 radical (unpaired) electrons. The van der Waals surface area contributed by atoms with Crippen LogP contribution in [0.3, 0.4) is 0 Å². The van der Waals surface area contributed by atoms with Crippen molar-refractivity contribution in [2.75, 3.05) is 18.1 Å². The van der Waals surface area contributed by atoms with Crippen molar-refractivity contribution in [2.24, 2.45) is 0 Å². The molecule has 4 aromatic rings. The minimum Gasteiger partial charge on any atom is -0.382 e. The molecule has 0 spiro atoms. The number of ketones is 1. The molecule has 44 heavy (non-hydrogen) atoms. The van der Waals surface area contributed by atoms with E-state index in [1.807, 2.05) is 0 Å². The summed E-state index contributed by atoms with van der Waals surface area (Å²) >= 11 is 8.81. The molecule has 0 amide bonds. The Morgan fingerprint density at radius 3 is 2.59 bits per heavy atom. The Kier molecular flexibility index (Phi) is 7.29. The molecule has 3 aliphatic heterocycles. The molecule has 4 bridgehead atoms. The molecule has 3 aliphatic rings. The van der Waals surface area contributed by atoms with Gasteiger partial charge in [0.2, 0.25) is 18.0 Å². The number of carbonyl (C=O) groups excluding carboxylic acids is 1. The summed E-state index contributed by atoms with van der Waals surface area (Å²) in [7, 11) is 0. The van der Waals surface area contributed by atoms with E-state index in [-0.39, 0.29) is 39.7 Å². The number of hydrogen-bond donors (Lipinski definition) is 5. The second kappa shape index (κ2) is 10.7. The van der Waals surface area contributed by atoms with Crippen LogP contribution in [0.4, 0.5) is 11.8 Å². The predicted octanol–water partition coefficient (Wildman–Crippen LogP) is 0.755. The summed E-state index contributed by atoms with van der Waals surface area (Å²) in [6.45, 7) is -9.31. The SMILES string of the molecule is Nc1nc2c(ncn2[C@@H]2O[C@@H]3OP(=O)(S)OC4C[C@@H](COP(=O)(S)OC2C3=O)O[C@H]4n2c(=O)sc3c(N)ncnc32)c(=O)[nH]1. The summed E-state index contributed by atoms with van der Waals surface area (Å²) in [4.78, 5) is 56.5. The standard InChI is InChI=1S/C19H19N9O11P2S3/c20-11-10-13(23-3-22-11)28(19(31)44-10)15-6-1-5(35-15)2-34-40(32,42)38-9-8(29)17(39-41(33,43)37-6)36-16(9)27-4-24-7-12(27)25-18(21)26-14(7)30/h3-6,9,15-17H,1-2H2,(H,32,42)(H,33,43)(H2,20,22,23)(H3,21,25,26,30)/t5-,6?,9?,15+,16+,17+,40?,41?/m0/s1. The fourth-order valence-electron chi connectivity index (χ4n) is 4.97. The maximum Gasteiger partial charge on any atom is 0.389 e. The first-order chi connectivity index (χ1) is 20.8. The van der Waals surface area contributed by atoms with E-state index in [0.29, 0.717) is 0 Å². The highest BCUT2D eigenvalue weighted by Gasteiger charge is 2.53. The number of fused-ring (bicyclic) bond motifs is 6. The van der Waals surface area contributed by atoms with E-state index in [4.69, 9.17) is 39.0 Å². The topological polar surface area (TPSA) is 270 Å². The number of ether oxygens (including phenoxy) is 2. The molecule has 0 aliphatic carbocycles. The van der Waals surface area contributed by atoms with Crippen LogP contribution in [0.1, 0.15) is 18.9 Å². The minimum absolute atomic E-state index is 0.0545. The number of aromatic amines is 1. The molecule has 4 unspecified atom stereocenters. The number of rotatable bonds is 2. The average molecular weight is 708 g/mol. The van der Waals surface area contributed by atoms with E-state index >= 15 is 0 Å². The van der Waals surface area contributed by atoms with E-state index < -0.39 is 73.5 Å². The lowest BCUT2D eigenvalue weighted by atomic mass is 10.2. The number of imidazole rings is 1. The predicted molar refractivity (Wildman–Crippen MR) is 156 cm³/mol. The summed E-state index contributed by atoms with van der Waals surface area (Å²) < 4.78 is 63.3. The zero-order chi connectivity index (χ0) is 31.1. The van der Waals surface area contributed by atoms with Gasteiger partial charge < -0.3 is 20.9 Å². The van der Waals surface area contributed by atoms with Gasteiger partial charge in [-0.15, -0.1) is 0 Å². The monoisotopic (exact) mass is 707 g/mol. The first-order valence-electron chi connectivity index (χ1n) is 12.3. The van der Waals surface area contributed by atoms with E-state index in [1.165, 1.54) is 0 Å². The Balaban J connectivity index is 1.26. The van der Waals surface area contributed by atoms with Crippen molar-refractivity contribution in [3.8, 4) is 0 Å². The maximum absolute atomic E-state index is 13.6. The van der Waals surface area contributed by atoms with Crippen molar-refractivity contribution in [3.63, 3.8) is 0 Å². The molecule has 3 saturated heterocycles. The number of nitrogen functional groups attached to an aromatic ring is 2. The molecular weight excluding hydrogens is 688 g/mol. The quantitative estimate of drug-likeness (QED) is 0.142. The number of thiol groups is 2. The second-order valence-corrected chi connectivity index (χ2v) is 16.2. The van der Waals surface area contributed by atoms with Crippen LogP contribution in [0.5, 0.6) is 0 Å². The fourth-order valence-corrected chi connectivity index (χ4v) is 8.85. The molecular formula is C19H19N9O11P2S3. The number of anilines is 2. The molecule has 0 aromatic carbocycles. The summed E-state index contributed by atoms with van der Waals surface area (Å²) in [6, 6.07) is 0. The van der Waals surface area contributed by atoms with Crippen LogP contribution < -0.4 is 21.9 Å². The molecule has 8 atom stereocenters. The van der Waals surface area contributed by atoms with E-state index in [1.54, 1.807) is 0 Å². The van der Waals surface area contributed by atoms with Crippen LogP contribution in [-0.4, -0.2) is 71.0 Å². The van der Waals surface area contributed by atoms with Crippen LogP contribution in [0.2, 0.25) is 0 Å². The second-order valence-electron chi connectivity index (χ2n) is 9.58. The number of Topliss-reactive ketones (excluding diaryl/α,β-unsaturated/α-hetero) is 1. The Morgan fingerprint density at radius 1 is 1.00 bits per heavy atom. The van der Waals surface area contributed by atoms with Gasteiger partial charge in [-0.05, 0) is 0 Å². The Morgan fingerprint density at radius 2 is 1.80 bits per heavy atom.